The summed E-state index contributed by atoms with van der Waals surface area (Å²) >= 11 is 1.41. The largest absolute Gasteiger partial charge is 0.295 e. The molecule has 2 aromatic heterocycles. The van der Waals surface area contributed by atoms with Crippen molar-refractivity contribution >= 4 is 22.4 Å². The number of rotatable bonds is 5. The number of hydrogen-bond donors (Lipinski definition) is 1. The Morgan fingerprint density at radius 1 is 1.29 bits per heavy atom. The number of carbonyl (C=O) groups excluding carboxylic acids is 1. The lowest BCUT2D eigenvalue weighted by Gasteiger charge is -2.10. The van der Waals surface area contributed by atoms with E-state index in [1.807, 2.05) is 25.1 Å². The summed E-state index contributed by atoms with van der Waals surface area (Å²) in [7, 11) is 1.75. The highest BCUT2D eigenvalue weighted by molar-refractivity contribution is 7.15. The topological polar surface area (TPSA) is 72.7 Å². The average Bonchev–Trinajstić information content (AvgIpc) is 3.15. The molecule has 0 spiro atoms. The van der Waals surface area contributed by atoms with Crippen molar-refractivity contribution in [3.63, 3.8) is 0 Å². The van der Waals surface area contributed by atoms with E-state index in [2.05, 4.69) is 39.7 Å². The summed E-state index contributed by atoms with van der Waals surface area (Å²) in [4.78, 5) is 12.3. The molecule has 6 nitrogen and oxygen atoms in total. The Hall–Kier alpha value is -2.54. The molecule has 0 saturated carbocycles. The molecule has 0 aliphatic carbocycles. The summed E-state index contributed by atoms with van der Waals surface area (Å²) < 4.78 is 1.56. The fraction of sp³-hybridized carbons (Fsp3) is 0.294. The Labute approximate surface area is 144 Å². The summed E-state index contributed by atoms with van der Waals surface area (Å²) in [5.41, 5.74) is 2.51. The van der Waals surface area contributed by atoms with Crippen LogP contribution in [0.4, 0.5) is 5.13 Å². The van der Waals surface area contributed by atoms with E-state index in [0.29, 0.717) is 10.8 Å². The Balaban J connectivity index is 1.78. The molecule has 0 aliphatic heterocycles. The number of benzene rings is 1. The van der Waals surface area contributed by atoms with Crippen LogP contribution < -0.4 is 5.32 Å². The highest BCUT2D eigenvalue weighted by Crippen LogP contribution is 2.31. The van der Waals surface area contributed by atoms with E-state index in [1.54, 1.807) is 17.8 Å². The Morgan fingerprint density at radius 3 is 2.67 bits per heavy atom. The molecule has 1 atom stereocenters. The Morgan fingerprint density at radius 2 is 2.04 bits per heavy atom. The molecule has 1 N–H and O–H groups in total. The van der Waals surface area contributed by atoms with Crippen LogP contribution in [0.1, 0.15) is 46.0 Å². The van der Waals surface area contributed by atoms with Crippen molar-refractivity contribution in [1.29, 1.82) is 0 Å². The minimum absolute atomic E-state index is 0.188. The maximum Gasteiger partial charge on any atom is 0.275 e. The fourth-order valence-corrected chi connectivity index (χ4v) is 3.60. The molecule has 124 valence electrons. The van der Waals surface area contributed by atoms with E-state index in [1.165, 1.54) is 16.9 Å². The number of nitrogens with one attached hydrogen (secondary N) is 1. The number of hydrogen-bond acceptors (Lipinski definition) is 5. The number of nitrogens with zero attached hydrogens (tertiary/aromatic N) is 4. The van der Waals surface area contributed by atoms with Crippen LogP contribution in [0.5, 0.6) is 0 Å². The first-order valence-corrected chi connectivity index (χ1v) is 8.60. The Bertz CT molecular complexity index is 840. The van der Waals surface area contributed by atoms with Gasteiger partial charge in [0, 0.05) is 13.0 Å². The normalized spacial score (nSPS) is 12.1. The van der Waals surface area contributed by atoms with Gasteiger partial charge >= 0.3 is 0 Å². The van der Waals surface area contributed by atoms with Gasteiger partial charge in [-0.15, -0.1) is 10.2 Å². The first kappa shape index (κ1) is 16.3. The molecule has 0 unspecified atom stereocenters. The van der Waals surface area contributed by atoms with Gasteiger partial charge in [0.25, 0.3) is 5.91 Å². The van der Waals surface area contributed by atoms with Crippen LogP contribution in [0.2, 0.25) is 0 Å². The van der Waals surface area contributed by atoms with Gasteiger partial charge in [0.2, 0.25) is 5.13 Å². The maximum absolute atomic E-state index is 12.3. The third-order valence-corrected chi connectivity index (χ3v) is 4.76. The molecule has 2 heterocycles. The number of aryl methyl sites for hydroxylation is 2. The second kappa shape index (κ2) is 6.92. The van der Waals surface area contributed by atoms with Gasteiger partial charge in [-0.25, -0.2) is 0 Å². The molecule has 0 bridgehead atoms. The molecular weight excluding hydrogens is 322 g/mol. The zero-order valence-electron chi connectivity index (χ0n) is 13.9. The lowest BCUT2D eigenvalue weighted by molar-refractivity contribution is 0.101. The van der Waals surface area contributed by atoms with Crippen LogP contribution in [0.3, 0.4) is 0 Å². The minimum atomic E-state index is -0.228. The molecule has 1 aromatic carbocycles. The first-order chi connectivity index (χ1) is 11.6. The van der Waals surface area contributed by atoms with Gasteiger partial charge in [-0.1, -0.05) is 48.6 Å². The van der Waals surface area contributed by atoms with Gasteiger partial charge in [0.05, 0.1) is 5.69 Å². The smallest absolute Gasteiger partial charge is 0.275 e. The van der Waals surface area contributed by atoms with Gasteiger partial charge < -0.3 is 0 Å². The third-order valence-electron chi connectivity index (χ3n) is 3.80. The molecule has 0 radical (unpaired) electrons. The summed E-state index contributed by atoms with van der Waals surface area (Å²) in [5, 5.41) is 16.8. The van der Waals surface area contributed by atoms with Gasteiger partial charge in [-0.05, 0) is 25.0 Å². The molecule has 3 rings (SSSR count). The van der Waals surface area contributed by atoms with E-state index in [4.69, 9.17) is 0 Å². The first-order valence-electron chi connectivity index (χ1n) is 7.78. The summed E-state index contributed by atoms with van der Waals surface area (Å²) in [6, 6.07) is 12.0. The highest BCUT2D eigenvalue weighted by Gasteiger charge is 2.19. The lowest BCUT2D eigenvalue weighted by Crippen LogP contribution is -2.15. The van der Waals surface area contributed by atoms with Crippen molar-refractivity contribution in [1.82, 2.24) is 20.0 Å². The predicted molar refractivity (Wildman–Crippen MR) is 94.4 cm³/mol. The number of amides is 1. The monoisotopic (exact) mass is 341 g/mol. The van der Waals surface area contributed by atoms with Crippen LogP contribution >= 0.6 is 11.3 Å². The zero-order valence-corrected chi connectivity index (χ0v) is 14.7. The van der Waals surface area contributed by atoms with E-state index >= 15 is 0 Å². The molecule has 0 fully saturated rings. The second-order valence-corrected chi connectivity index (χ2v) is 6.57. The second-order valence-electron chi connectivity index (χ2n) is 5.57. The molecule has 1 amide bonds. The molecule has 3 aromatic rings. The SMILES string of the molecule is CC[C@@H](c1ccccc1)c1nnc(NC(=O)c2cc(C)nn2C)s1. The van der Waals surface area contributed by atoms with Gasteiger partial charge in [-0.3, -0.25) is 14.8 Å². The Kier molecular flexibility index (Phi) is 4.71. The van der Waals surface area contributed by atoms with E-state index in [-0.39, 0.29) is 11.8 Å². The third kappa shape index (κ3) is 3.35. The molecule has 24 heavy (non-hydrogen) atoms. The average molecular weight is 341 g/mol. The van der Waals surface area contributed by atoms with Crippen LogP contribution in [0, 0.1) is 6.92 Å². The van der Waals surface area contributed by atoms with Crippen molar-refractivity contribution in [2.24, 2.45) is 7.05 Å². The van der Waals surface area contributed by atoms with Gasteiger partial charge in [0.15, 0.2) is 0 Å². The maximum atomic E-state index is 12.3. The van der Waals surface area contributed by atoms with Crippen LogP contribution in [0.25, 0.3) is 0 Å². The van der Waals surface area contributed by atoms with Crippen LogP contribution in [-0.4, -0.2) is 25.9 Å². The van der Waals surface area contributed by atoms with E-state index < -0.39 is 0 Å². The number of anilines is 1. The van der Waals surface area contributed by atoms with Crippen molar-refractivity contribution in [2.75, 3.05) is 5.32 Å². The minimum Gasteiger partial charge on any atom is -0.295 e. The van der Waals surface area contributed by atoms with Crippen molar-refractivity contribution in [3.05, 3.63) is 58.4 Å². The molecule has 7 heteroatoms. The molecule has 0 saturated heterocycles. The molecule has 0 aliphatic rings. The fourth-order valence-electron chi connectivity index (χ4n) is 2.65. The van der Waals surface area contributed by atoms with Crippen LogP contribution in [-0.2, 0) is 7.05 Å². The van der Waals surface area contributed by atoms with Crippen LogP contribution in [0.15, 0.2) is 36.4 Å². The van der Waals surface area contributed by atoms with E-state index in [0.717, 1.165) is 17.1 Å². The summed E-state index contributed by atoms with van der Waals surface area (Å²) in [6.45, 7) is 3.97. The predicted octanol–water partition coefficient (Wildman–Crippen LogP) is 3.37. The van der Waals surface area contributed by atoms with Crippen molar-refractivity contribution in [3.8, 4) is 0 Å². The summed E-state index contributed by atoms with van der Waals surface area (Å²) in [6.07, 6.45) is 0.924. The zero-order chi connectivity index (χ0) is 17.1. The van der Waals surface area contributed by atoms with Gasteiger partial charge in [-0.2, -0.15) is 5.10 Å². The quantitative estimate of drug-likeness (QED) is 0.772. The lowest BCUT2D eigenvalue weighted by atomic mass is 9.97. The number of aromatic nitrogens is 4. The van der Waals surface area contributed by atoms with E-state index in [9.17, 15) is 4.79 Å². The molecular formula is C17H19N5OS. The highest BCUT2D eigenvalue weighted by atomic mass is 32.1. The summed E-state index contributed by atoms with van der Waals surface area (Å²) in [5.74, 6) is -0.0399. The van der Waals surface area contributed by atoms with Gasteiger partial charge in [0.1, 0.15) is 10.7 Å². The van der Waals surface area contributed by atoms with Crippen molar-refractivity contribution in [2.45, 2.75) is 26.2 Å². The standard InChI is InChI=1S/C17H19N5OS/c1-4-13(12-8-6-5-7-9-12)16-19-20-17(24-16)18-15(23)14-10-11(2)21-22(14)3/h5-10,13H,4H2,1-3H3,(H,18,20,23)/t13-/m0/s1. The van der Waals surface area contributed by atoms with Crippen molar-refractivity contribution < 1.29 is 4.79 Å². The number of carbonyl (C=O) groups is 1.